The molecule has 3 heteroatoms. The second-order valence-electron chi connectivity index (χ2n) is 5.79. The van der Waals surface area contributed by atoms with Gasteiger partial charge in [-0.1, -0.05) is 48.0 Å². The first-order valence-electron chi connectivity index (χ1n) is 7.57. The lowest BCUT2D eigenvalue weighted by molar-refractivity contribution is 0.404. The summed E-state index contributed by atoms with van der Waals surface area (Å²) in [6.07, 6.45) is 3.60. The van der Waals surface area contributed by atoms with Crippen molar-refractivity contribution in [3.63, 3.8) is 0 Å². The van der Waals surface area contributed by atoms with Crippen molar-refractivity contribution in [3.8, 4) is 0 Å². The van der Waals surface area contributed by atoms with Crippen molar-refractivity contribution in [2.45, 2.75) is 19.3 Å². The van der Waals surface area contributed by atoms with Crippen LogP contribution in [0.5, 0.6) is 0 Å². The highest BCUT2D eigenvalue weighted by Gasteiger charge is 2.21. The van der Waals surface area contributed by atoms with Crippen LogP contribution in [-0.4, -0.2) is 13.1 Å². The van der Waals surface area contributed by atoms with E-state index in [2.05, 4.69) is 41.3 Å². The molecule has 1 saturated heterocycles. The number of nitrogen functional groups attached to an aromatic ring is 1. The minimum absolute atomic E-state index is 0.652. The van der Waals surface area contributed by atoms with Crippen molar-refractivity contribution in [1.29, 1.82) is 0 Å². The van der Waals surface area contributed by atoms with Crippen molar-refractivity contribution in [2.75, 3.05) is 23.7 Å². The van der Waals surface area contributed by atoms with Crippen LogP contribution in [0.2, 0.25) is 5.02 Å². The molecule has 0 atom stereocenters. The van der Waals surface area contributed by atoms with Crippen LogP contribution in [0.4, 0.5) is 11.4 Å². The van der Waals surface area contributed by atoms with E-state index >= 15 is 0 Å². The predicted molar refractivity (Wildman–Crippen MR) is 90.9 cm³/mol. The normalized spacial score (nSPS) is 16.1. The molecule has 0 spiro atoms. The van der Waals surface area contributed by atoms with Gasteiger partial charge in [-0.05, 0) is 42.9 Å². The van der Waals surface area contributed by atoms with E-state index < -0.39 is 0 Å². The molecule has 0 saturated carbocycles. The fraction of sp³-hybridized carbons (Fsp3) is 0.333. The van der Waals surface area contributed by atoms with Crippen molar-refractivity contribution in [3.05, 3.63) is 59.1 Å². The second-order valence-corrected chi connectivity index (χ2v) is 6.20. The third-order valence-electron chi connectivity index (χ3n) is 4.35. The zero-order valence-electron chi connectivity index (χ0n) is 12.1. The van der Waals surface area contributed by atoms with Crippen LogP contribution in [0.15, 0.2) is 48.5 Å². The Kier molecular flexibility index (Phi) is 4.35. The monoisotopic (exact) mass is 300 g/mol. The summed E-state index contributed by atoms with van der Waals surface area (Å²) in [6.45, 7) is 2.12. The van der Waals surface area contributed by atoms with E-state index in [1.54, 1.807) is 0 Å². The molecule has 2 aromatic carbocycles. The van der Waals surface area contributed by atoms with Crippen LogP contribution in [0.1, 0.15) is 18.4 Å². The van der Waals surface area contributed by atoms with E-state index in [1.807, 2.05) is 12.1 Å². The zero-order chi connectivity index (χ0) is 14.7. The molecule has 3 rings (SSSR count). The standard InChI is InChI=1S/C18H21ClN2/c19-16-7-4-8-17(18(16)20)21-11-9-15(10-12-21)13-14-5-2-1-3-6-14/h1-8,15H,9-13,20H2. The first-order chi connectivity index (χ1) is 10.2. The molecule has 1 aliphatic rings. The number of anilines is 2. The van der Waals surface area contributed by atoms with Gasteiger partial charge in [0.05, 0.1) is 16.4 Å². The van der Waals surface area contributed by atoms with Crippen molar-refractivity contribution in [2.24, 2.45) is 5.92 Å². The van der Waals surface area contributed by atoms with Gasteiger partial charge in [0.25, 0.3) is 0 Å². The molecular weight excluding hydrogens is 280 g/mol. The lowest BCUT2D eigenvalue weighted by atomic mass is 9.90. The Morgan fingerprint density at radius 2 is 1.71 bits per heavy atom. The lowest BCUT2D eigenvalue weighted by Gasteiger charge is -2.34. The topological polar surface area (TPSA) is 29.3 Å². The molecule has 0 radical (unpaired) electrons. The molecule has 0 aromatic heterocycles. The molecule has 1 fully saturated rings. The molecule has 0 unspecified atom stereocenters. The van der Waals surface area contributed by atoms with Crippen molar-refractivity contribution >= 4 is 23.0 Å². The number of para-hydroxylation sites is 1. The van der Waals surface area contributed by atoms with Crippen LogP contribution in [0.3, 0.4) is 0 Å². The van der Waals surface area contributed by atoms with Gasteiger partial charge in [0.15, 0.2) is 0 Å². The van der Waals surface area contributed by atoms with Crippen LogP contribution in [0, 0.1) is 5.92 Å². The number of piperidine rings is 1. The quantitative estimate of drug-likeness (QED) is 0.852. The largest absolute Gasteiger partial charge is 0.396 e. The second kappa shape index (κ2) is 6.40. The number of halogens is 1. The molecule has 1 aliphatic heterocycles. The van der Waals surface area contributed by atoms with Gasteiger partial charge in [-0.15, -0.1) is 0 Å². The molecule has 2 nitrogen and oxygen atoms in total. The summed E-state index contributed by atoms with van der Waals surface area (Å²) in [5.74, 6) is 0.768. The van der Waals surface area contributed by atoms with E-state index in [-0.39, 0.29) is 0 Å². The summed E-state index contributed by atoms with van der Waals surface area (Å²) < 4.78 is 0. The maximum atomic E-state index is 6.12. The Balaban J connectivity index is 1.61. The summed E-state index contributed by atoms with van der Waals surface area (Å²) in [4.78, 5) is 2.36. The lowest BCUT2D eigenvalue weighted by Crippen LogP contribution is -2.34. The zero-order valence-corrected chi connectivity index (χ0v) is 12.9. The molecule has 0 aliphatic carbocycles. The van der Waals surface area contributed by atoms with E-state index in [1.165, 1.54) is 24.8 Å². The number of rotatable bonds is 3. The van der Waals surface area contributed by atoms with Gasteiger partial charge in [0.1, 0.15) is 0 Å². The summed E-state index contributed by atoms with van der Waals surface area (Å²) in [7, 11) is 0. The summed E-state index contributed by atoms with van der Waals surface area (Å²) in [5, 5.41) is 0.652. The van der Waals surface area contributed by atoms with Gasteiger partial charge < -0.3 is 10.6 Å². The van der Waals surface area contributed by atoms with E-state index in [4.69, 9.17) is 17.3 Å². The van der Waals surface area contributed by atoms with E-state index in [0.717, 1.165) is 24.7 Å². The fourth-order valence-corrected chi connectivity index (χ4v) is 3.30. The molecular formula is C18H21ClN2. The Morgan fingerprint density at radius 3 is 2.43 bits per heavy atom. The maximum Gasteiger partial charge on any atom is 0.0741 e. The van der Waals surface area contributed by atoms with Gasteiger partial charge >= 0.3 is 0 Å². The average molecular weight is 301 g/mol. The van der Waals surface area contributed by atoms with Crippen molar-refractivity contribution in [1.82, 2.24) is 0 Å². The molecule has 21 heavy (non-hydrogen) atoms. The third-order valence-corrected chi connectivity index (χ3v) is 4.68. The highest BCUT2D eigenvalue weighted by molar-refractivity contribution is 6.33. The van der Waals surface area contributed by atoms with Gasteiger partial charge in [0, 0.05) is 13.1 Å². The molecule has 2 aromatic rings. The van der Waals surface area contributed by atoms with Crippen LogP contribution in [-0.2, 0) is 6.42 Å². The third kappa shape index (κ3) is 3.33. The smallest absolute Gasteiger partial charge is 0.0741 e. The van der Waals surface area contributed by atoms with Gasteiger partial charge in [-0.25, -0.2) is 0 Å². The van der Waals surface area contributed by atoms with E-state index in [9.17, 15) is 0 Å². The van der Waals surface area contributed by atoms with E-state index in [0.29, 0.717) is 10.7 Å². The SMILES string of the molecule is Nc1c(Cl)cccc1N1CCC(Cc2ccccc2)CC1. The number of nitrogens with two attached hydrogens (primary N) is 1. The van der Waals surface area contributed by atoms with Crippen LogP contribution >= 0.6 is 11.6 Å². The molecule has 0 bridgehead atoms. The number of nitrogens with zero attached hydrogens (tertiary/aromatic N) is 1. The Labute approximate surface area is 131 Å². The number of hydrogen-bond acceptors (Lipinski definition) is 2. The highest BCUT2D eigenvalue weighted by Crippen LogP contribution is 2.33. The molecule has 2 N–H and O–H groups in total. The highest BCUT2D eigenvalue weighted by atomic mass is 35.5. The minimum atomic E-state index is 0.652. The first-order valence-corrected chi connectivity index (χ1v) is 7.94. The summed E-state index contributed by atoms with van der Waals surface area (Å²) >= 11 is 6.12. The average Bonchev–Trinajstić information content (AvgIpc) is 2.52. The Hall–Kier alpha value is -1.67. The Bertz CT molecular complexity index is 589. The Morgan fingerprint density at radius 1 is 1.00 bits per heavy atom. The van der Waals surface area contributed by atoms with Gasteiger partial charge in [0.2, 0.25) is 0 Å². The fourth-order valence-electron chi connectivity index (χ4n) is 3.13. The molecule has 1 heterocycles. The molecule has 0 amide bonds. The summed E-state index contributed by atoms with van der Waals surface area (Å²) in [6, 6.07) is 16.7. The minimum Gasteiger partial charge on any atom is -0.396 e. The maximum absolute atomic E-state index is 6.12. The number of hydrogen-bond donors (Lipinski definition) is 1. The summed E-state index contributed by atoms with van der Waals surface area (Å²) in [5.41, 5.74) is 9.33. The van der Waals surface area contributed by atoms with Gasteiger partial charge in [-0.3, -0.25) is 0 Å². The predicted octanol–water partition coefficient (Wildman–Crippen LogP) is 4.38. The first kappa shape index (κ1) is 14.3. The van der Waals surface area contributed by atoms with Crippen LogP contribution < -0.4 is 10.6 Å². The van der Waals surface area contributed by atoms with Crippen molar-refractivity contribution < 1.29 is 0 Å². The van der Waals surface area contributed by atoms with Crippen LogP contribution in [0.25, 0.3) is 0 Å². The molecule has 110 valence electrons. The van der Waals surface area contributed by atoms with Gasteiger partial charge in [-0.2, -0.15) is 0 Å². The number of benzene rings is 2.